The molecule has 0 saturated carbocycles. The van der Waals surface area contributed by atoms with E-state index >= 15 is 0 Å². The quantitative estimate of drug-likeness (QED) is 0.668. The molecule has 2 aliphatic rings. The maximum atomic E-state index is 11.9. The molecule has 0 aromatic rings. The lowest BCUT2D eigenvalue weighted by molar-refractivity contribution is -0.197. The molecule has 0 bridgehead atoms. The fraction of sp³-hybridized carbons (Fsp3) is 0.700. The number of allylic oxidation sites excluding steroid dienone is 1. The van der Waals surface area contributed by atoms with Crippen molar-refractivity contribution in [2.24, 2.45) is 0 Å². The Morgan fingerprint density at radius 3 is 2.47 bits per heavy atom. The Hall–Kier alpha value is -1.08. The topological polar surface area (TPSA) is 44.8 Å². The monoisotopic (exact) mass is 252 g/mol. The Labute approximate surface area is 95.3 Å². The standard InChI is InChI=1S/C10H11F3O4/c11-10(12,13)8(14)17-7-1-3-9(4-2-7)15-5-6-16-9/h1H,2-6H2. The Kier molecular flexibility index (Phi) is 3.13. The SMILES string of the molecule is O=C(OC1=CCC2(CC1)OCCO2)C(F)(F)F. The van der Waals surface area contributed by atoms with E-state index in [4.69, 9.17) is 9.47 Å². The van der Waals surface area contributed by atoms with Gasteiger partial charge in [-0.15, -0.1) is 0 Å². The van der Waals surface area contributed by atoms with Gasteiger partial charge in [-0.2, -0.15) is 13.2 Å². The van der Waals surface area contributed by atoms with Crippen molar-refractivity contribution in [3.8, 4) is 0 Å². The Morgan fingerprint density at radius 2 is 2.00 bits per heavy atom. The molecule has 2 rings (SSSR count). The lowest BCUT2D eigenvalue weighted by atomic mass is 9.99. The third-order valence-corrected chi connectivity index (χ3v) is 2.66. The molecule has 0 aromatic carbocycles. The largest absolute Gasteiger partial charge is 0.491 e. The molecule has 1 fully saturated rings. The number of esters is 1. The van der Waals surface area contributed by atoms with Gasteiger partial charge in [0.15, 0.2) is 5.79 Å². The molecular weight excluding hydrogens is 241 g/mol. The molecule has 4 nitrogen and oxygen atoms in total. The van der Waals surface area contributed by atoms with E-state index in [2.05, 4.69) is 4.74 Å². The van der Waals surface area contributed by atoms with Crippen LogP contribution in [0.1, 0.15) is 19.3 Å². The fourth-order valence-corrected chi connectivity index (χ4v) is 1.82. The van der Waals surface area contributed by atoms with Crippen LogP contribution in [0.5, 0.6) is 0 Å². The molecule has 1 heterocycles. The third kappa shape index (κ3) is 2.78. The number of halogens is 3. The van der Waals surface area contributed by atoms with Gasteiger partial charge >= 0.3 is 12.1 Å². The zero-order valence-corrected chi connectivity index (χ0v) is 8.88. The van der Waals surface area contributed by atoms with Crippen LogP contribution in [0, 0.1) is 0 Å². The minimum atomic E-state index is -4.96. The van der Waals surface area contributed by atoms with Gasteiger partial charge in [0.05, 0.1) is 13.2 Å². The van der Waals surface area contributed by atoms with E-state index in [0.717, 1.165) is 0 Å². The van der Waals surface area contributed by atoms with Crippen molar-refractivity contribution in [2.75, 3.05) is 13.2 Å². The molecule has 0 unspecified atom stereocenters. The zero-order valence-electron chi connectivity index (χ0n) is 8.88. The third-order valence-electron chi connectivity index (χ3n) is 2.66. The van der Waals surface area contributed by atoms with Gasteiger partial charge in [-0.1, -0.05) is 0 Å². The lowest BCUT2D eigenvalue weighted by Gasteiger charge is -2.30. The van der Waals surface area contributed by atoms with Crippen LogP contribution in [0.4, 0.5) is 13.2 Å². The Morgan fingerprint density at radius 1 is 1.35 bits per heavy atom. The highest BCUT2D eigenvalue weighted by Gasteiger charge is 2.43. The predicted molar refractivity (Wildman–Crippen MR) is 48.7 cm³/mol. The Balaban J connectivity index is 1.93. The molecule has 1 spiro atoms. The van der Waals surface area contributed by atoms with Crippen LogP contribution in [-0.2, 0) is 19.0 Å². The number of hydrogen-bond donors (Lipinski definition) is 0. The van der Waals surface area contributed by atoms with Gasteiger partial charge in [-0.05, 0) is 6.08 Å². The first kappa shape index (κ1) is 12.4. The first-order chi connectivity index (χ1) is 7.91. The lowest BCUT2D eigenvalue weighted by Crippen LogP contribution is -2.33. The molecule has 0 N–H and O–H groups in total. The van der Waals surface area contributed by atoms with Gasteiger partial charge < -0.3 is 14.2 Å². The maximum Gasteiger partial charge on any atom is 0.491 e. The van der Waals surface area contributed by atoms with Crippen LogP contribution in [0.2, 0.25) is 0 Å². The first-order valence-electron chi connectivity index (χ1n) is 5.17. The molecule has 7 heteroatoms. The summed E-state index contributed by atoms with van der Waals surface area (Å²) in [6.07, 6.45) is -2.66. The van der Waals surface area contributed by atoms with Crippen LogP contribution in [0.25, 0.3) is 0 Å². The molecule has 1 aliphatic carbocycles. The fourth-order valence-electron chi connectivity index (χ4n) is 1.82. The van der Waals surface area contributed by atoms with Crippen LogP contribution >= 0.6 is 0 Å². The minimum Gasteiger partial charge on any atom is -0.425 e. The summed E-state index contributed by atoms with van der Waals surface area (Å²) in [5, 5.41) is 0. The predicted octanol–water partition coefficient (Wildman–Crippen LogP) is 1.90. The number of alkyl halides is 3. The number of carbonyl (C=O) groups excluding carboxylic acids is 1. The summed E-state index contributed by atoms with van der Waals surface area (Å²) in [4.78, 5) is 10.6. The second-order valence-corrected chi connectivity index (χ2v) is 3.87. The van der Waals surface area contributed by atoms with E-state index in [9.17, 15) is 18.0 Å². The van der Waals surface area contributed by atoms with Gasteiger partial charge in [0.1, 0.15) is 5.76 Å². The van der Waals surface area contributed by atoms with E-state index in [1.54, 1.807) is 0 Å². The normalized spacial score (nSPS) is 23.6. The average Bonchev–Trinajstić information content (AvgIpc) is 2.69. The Bertz CT molecular complexity index is 342. The van der Waals surface area contributed by atoms with Crippen molar-refractivity contribution in [3.63, 3.8) is 0 Å². The number of hydrogen-bond acceptors (Lipinski definition) is 4. The van der Waals surface area contributed by atoms with Gasteiger partial charge in [0, 0.05) is 19.3 Å². The molecule has 1 saturated heterocycles. The van der Waals surface area contributed by atoms with Crippen LogP contribution < -0.4 is 0 Å². The molecule has 0 amide bonds. The highest BCUT2D eigenvalue weighted by Crippen LogP contribution is 2.35. The van der Waals surface area contributed by atoms with Crippen LogP contribution in [0.3, 0.4) is 0 Å². The maximum absolute atomic E-state index is 11.9. The molecule has 17 heavy (non-hydrogen) atoms. The van der Waals surface area contributed by atoms with E-state index in [0.29, 0.717) is 26.1 Å². The molecule has 0 atom stereocenters. The summed E-state index contributed by atoms with van der Waals surface area (Å²) in [7, 11) is 0. The van der Waals surface area contributed by atoms with Crippen molar-refractivity contribution in [1.82, 2.24) is 0 Å². The van der Waals surface area contributed by atoms with Crippen molar-refractivity contribution in [2.45, 2.75) is 31.2 Å². The van der Waals surface area contributed by atoms with E-state index in [-0.39, 0.29) is 12.2 Å². The van der Waals surface area contributed by atoms with Gasteiger partial charge in [0.2, 0.25) is 0 Å². The van der Waals surface area contributed by atoms with Crippen molar-refractivity contribution < 1.29 is 32.2 Å². The van der Waals surface area contributed by atoms with Gasteiger partial charge in [-0.25, -0.2) is 4.79 Å². The number of carbonyl (C=O) groups is 1. The van der Waals surface area contributed by atoms with E-state index < -0.39 is 17.9 Å². The highest BCUT2D eigenvalue weighted by atomic mass is 19.4. The number of rotatable bonds is 1. The van der Waals surface area contributed by atoms with Crippen LogP contribution in [0.15, 0.2) is 11.8 Å². The summed E-state index contributed by atoms with van der Waals surface area (Å²) in [6, 6.07) is 0. The molecule has 0 aromatic heterocycles. The van der Waals surface area contributed by atoms with Gasteiger partial charge in [-0.3, -0.25) is 0 Å². The number of ether oxygens (including phenoxy) is 3. The summed E-state index contributed by atoms with van der Waals surface area (Å²) in [5.74, 6) is -2.89. The summed E-state index contributed by atoms with van der Waals surface area (Å²) >= 11 is 0. The van der Waals surface area contributed by atoms with Gasteiger partial charge in [0.25, 0.3) is 0 Å². The summed E-state index contributed by atoms with van der Waals surface area (Å²) < 4.78 is 50.8. The molecule has 96 valence electrons. The molecular formula is C10H11F3O4. The van der Waals surface area contributed by atoms with Crippen molar-refractivity contribution in [1.29, 1.82) is 0 Å². The highest BCUT2D eigenvalue weighted by molar-refractivity contribution is 5.76. The van der Waals surface area contributed by atoms with E-state index in [1.807, 2.05) is 0 Å². The first-order valence-corrected chi connectivity index (χ1v) is 5.17. The summed E-state index contributed by atoms with van der Waals surface area (Å²) in [5.41, 5.74) is 0. The second-order valence-electron chi connectivity index (χ2n) is 3.87. The average molecular weight is 252 g/mol. The van der Waals surface area contributed by atoms with E-state index in [1.165, 1.54) is 6.08 Å². The minimum absolute atomic E-state index is 0.0250. The van der Waals surface area contributed by atoms with Crippen molar-refractivity contribution in [3.05, 3.63) is 11.8 Å². The smallest absolute Gasteiger partial charge is 0.425 e. The summed E-state index contributed by atoms with van der Waals surface area (Å²) in [6.45, 7) is 0.955. The molecule has 0 radical (unpaired) electrons. The zero-order chi connectivity index (χ0) is 12.5. The van der Waals surface area contributed by atoms with Crippen LogP contribution in [-0.4, -0.2) is 31.1 Å². The van der Waals surface area contributed by atoms with Crippen molar-refractivity contribution >= 4 is 5.97 Å². The second kappa shape index (κ2) is 4.30. The molecule has 1 aliphatic heterocycles.